The first-order valence-corrected chi connectivity index (χ1v) is 10.3. The molecule has 2 atom stereocenters. The SMILES string of the molecule is C[C@]12CC3CC(CC(=O)Nc4ccc5nc(C(F)(F)F)[nH]c5c4)(C1)C[C@](C)(C3)C2. The molecule has 4 saturated carbocycles. The van der Waals surface area contributed by atoms with Crippen LogP contribution in [0.4, 0.5) is 18.9 Å². The van der Waals surface area contributed by atoms with E-state index in [2.05, 4.69) is 29.1 Å². The lowest BCUT2D eigenvalue weighted by Crippen LogP contribution is -2.55. The molecule has 29 heavy (non-hydrogen) atoms. The molecule has 0 aliphatic heterocycles. The number of nitrogens with one attached hydrogen (secondary N) is 2. The Morgan fingerprint density at radius 2 is 1.86 bits per heavy atom. The minimum absolute atomic E-state index is 0.0472. The number of benzene rings is 1. The second kappa shape index (κ2) is 5.76. The first-order chi connectivity index (χ1) is 13.5. The summed E-state index contributed by atoms with van der Waals surface area (Å²) in [6.07, 6.45) is 3.13. The minimum Gasteiger partial charge on any atom is -0.334 e. The molecular formula is C22H26F3N3O. The number of aromatic amines is 1. The highest BCUT2D eigenvalue weighted by Gasteiger charge is 2.60. The lowest BCUT2D eigenvalue weighted by Gasteiger charge is -2.65. The van der Waals surface area contributed by atoms with Crippen molar-refractivity contribution in [1.82, 2.24) is 9.97 Å². The summed E-state index contributed by atoms with van der Waals surface area (Å²) in [5.74, 6) is -0.351. The van der Waals surface area contributed by atoms with Crippen LogP contribution in [0.25, 0.3) is 11.0 Å². The predicted molar refractivity (Wildman–Crippen MR) is 104 cm³/mol. The number of hydrogen-bond donors (Lipinski definition) is 2. The van der Waals surface area contributed by atoms with Crippen molar-refractivity contribution in [3.05, 3.63) is 24.0 Å². The summed E-state index contributed by atoms with van der Waals surface area (Å²) in [4.78, 5) is 18.8. The van der Waals surface area contributed by atoms with Crippen molar-refractivity contribution in [3.63, 3.8) is 0 Å². The van der Waals surface area contributed by atoms with Crippen molar-refractivity contribution in [2.75, 3.05) is 5.32 Å². The van der Waals surface area contributed by atoms with Gasteiger partial charge in [0.15, 0.2) is 0 Å². The quantitative estimate of drug-likeness (QED) is 0.667. The van der Waals surface area contributed by atoms with Gasteiger partial charge in [0.1, 0.15) is 0 Å². The smallest absolute Gasteiger partial charge is 0.334 e. The molecule has 2 aromatic rings. The van der Waals surface area contributed by atoms with Gasteiger partial charge in [0, 0.05) is 12.1 Å². The topological polar surface area (TPSA) is 57.8 Å². The standard InChI is InChI=1S/C22H26F3N3O/c1-19-6-13-7-20(2,10-19)12-21(8-13,11-19)9-17(29)26-14-3-4-15-16(5-14)28-18(27-15)22(23,24)25/h3-5,13H,6-12H2,1-2H3,(H,26,29)(H,27,28)/t13?,19-,20-,21?/m1/s1. The Kier molecular flexibility index (Phi) is 3.76. The van der Waals surface area contributed by atoms with Crippen molar-refractivity contribution >= 4 is 22.6 Å². The van der Waals surface area contributed by atoms with E-state index in [0.29, 0.717) is 22.9 Å². The molecular weight excluding hydrogens is 379 g/mol. The van der Waals surface area contributed by atoms with Gasteiger partial charge in [-0.15, -0.1) is 0 Å². The summed E-state index contributed by atoms with van der Waals surface area (Å²) in [6, 6.07) is 4.64. The molecule has 0 saturated heterocycles. The van der Waals surface area contributed by atoms with E-state index in [4.69, 9.17) is 0 Å². The van der Waals surface area contributed by atoms with E-state index >= 15 is 0 Å². The van der Waals surface area contributed by atoms with E-state index in [1.807, 2.05) is 0 Å². The normalized spacial score (nSPS) is 36.0. The molecule has 0 unspecified atom stereocenters. The summed E-state index contributed by atoms with van der Waals surface area (Å²) in [5.41, 5.74) is 1.76. The number of fused-ring (bicyclic) bond motifs is 1. The van der Waals surface area contributed by atoms with Crippen LogP contribution in [0.1, 0.15) is 64.6 Å². The van der Waals surface area contributed by atoms with Crippen LogP contribution in [-0.4, -0.2) is 15.9 Å². The second-order valence-corrected chi connectivity index (χ2v) is 10.7. The lowest BCUT2D eigenvalue weighted by molar-refractivity contribution is -0.153. The Bertz CT molecular complexity index is 977. The minimum atomic E-state index is -4.52. The van der Waals surface area contributed by atoms with Gasteiger partial charge in [-0.3, -0.25) is 4.79 Å². The fourth-order valence-corrected chi connectivity index (χ4v) is 7.65. The monoisotopic (exact) mass is 405 g/mol. The third-order valence-corrected chi connectivity index (χ3v) is 7.31. The highest BCUT2D eigenvalue weighted by atomic mass is 19.4. The molecule has 1 aromatic heterocycles. The number of halogens is 3. The van der Waals surface area contributed by atoms with Crippen LogP contribution in [0.15, 0.2) is 18.2 Å². The van der Waals surface area contributed by atoms with Crippen LogP contribution in [0.5, 0.6) is 0 Å². The van der Waals surface area contributed by atoms with Gasteiger partial charge in [-0.25, -0.2) is 4.98 Å². The molecule has 4 nitrogen and oxygen atoms in total. The number of carbonyl (C=O) groups excluding carboxylic acids is 1. The molecule has 1 heterocycles. The molecule has 1 aromatic carbocycles. The zero-order valence-corrected chi connectivity index (χ0v) is 16.7. The molecule has 1 amide bonds. The number of alkyl halides is 3. The van der Waals surface area contributed by atoms with Gasteiger partial charge in [-0.05, 0) is 78.9 Å². The van der Waals surface area contributed by atoms with Gasteiger partial charge in [0.05, 0.1) is 11.0 Å². The van der Waals surface area contributed by atoms with Crippen LogP contribution >= 0.6 is 0 Å². The Hall–Kier alpha value is -2.05. The van der Waals surface area contributed by atoms with Gasteiger partial charge in [0.25, 0.3) is 0 Å². The molecule has 6 rings (SSSR count). The summed E-state index contributed by atoms with van der Waals surface area (Å²) < 4.78 is 38.5. The van der Waals surface area contributed by atoms with E-state index in [1.165, 1.54) is 31.4 Å². The molecule has 0 radical (unpaired) electrons. The molecule has 0 spiro atoms. The maximum atomic E-state index is 12.9. The summed E-state index contributed by atoms with van der Waals surface area (Å²) >= 11 is 0. The van der Waals surface area contributed by atoms with Crippen LogP contribution in [0.2, 0.25) is 0 Å². The molecule has 4 aliphatic rings. The van der Waals surface area contributed by atoms with Crippen LogP contribution in [0.3, 0.4) is 0 Å². The third kappa shape index (κ3) is 3.32. The number of amides is 1. The van der Waals surface area contributed by atoms with Crippen molar-refractivity contribution in [3.8, 4) is 0 Å². The van der Waals surface area contributed by atoms with E-state index in [9.17, 15) is 18.0 Å². The first kappa shape index (κ1) is 18.9. The fourth-order valence-electron chi connectivity index (χ4n) is 7.65. The van der Waals surface area contributed by atoms with Crippen molar-refractivity contribution in [2.24, 2.45) is 22.2 Å². The number of carbonyl (C=O) groups is 1. The number of imidazole rings is 1. The van der Waals surface area contributed by atoms with Gasteiger partial charge in [-0.2, -0.15) is 13.2 Å². The zero-order chi connectivity index (χ0) is 20.7. The van der Waals surface area contributed by atoms with Crippen molar-refractivity contribution in [2.45, 2.75) is 65.0 Å². The number of hydrogen-bond acceptors (Lipinski definition) is 2. The van der Waals surface area contributed by atoms with Gasteiger partial charge in [0.2, 0.25) is 11.7 Å². The highest BCUT2D eigenvalue weighted by Crippen LogP contribution is 2.70. The third-order valence-electron chi connectivity index (χ3n) is 7.31. The lowest BCUT2D eigenvalue weighted by atomic mass is 9.40. The molecule has 4 bridgehead atoms. The predicted octanol–water partition coefficient (Wildman–Crippen LogP) is 5.91. The van der Waals surface area contributed by atoms with Crippen LogP contribution in [-0.2, 0) is 11.0 Å². The largest absolute Gasteiger partial charge is 0.449 e. The summed E-state index contributed by atoms with van der Waals surface area (Å²) in [5, 5.41) is 2.91. The summed E-state index contributed by atoms with van der Waals surface area (Å²) in [6.45, 7) is 4.76. The van der Waals surface area contributed by atoms with E-state index in [0.717, 1.165) is 25.2 Å². The van der Waals surface area contributed by atoms with E-state index < -0.39 is 12.0 Å². The van der Waals surface area contributed by atoms with Gasteiger partial charge >= 0.3 is 6.18 Å². The zero-order valence-electron chi connectivity index (χ0n) is 16.7. The molecule has 4 aliphatic carbocycles. The highest BCUT2D eigenvalue weighted by molar-refractivity contribution is 5.93. The Balaban J connectivity index is 1.33. The van der Waals surface area contributed by atoms with Crippen molar-refractivity contribution < 1.29 is 18.0 Å². The Morgan fingerprint density at radius 3 is 2.48 bits per heavy atom. The Labute approximate surface area is 167 Å². The van der Waals surface area contributed by atoms with Crippen LogP contribution < -0.4 is 5.32 Å². The first-order valence-electron chi connectivity index (χ1n) is 10.3. The molecule has 2 N–H and O–H groups in total. The maximum Gasteiger partial charge on any atom is 0.449 e. The van der Waals surface area contributed by atoms with Gasteiger partial charge in [-0.1, -0.05) is 13.8 Å². The van der Waals surface area contributed by atoms with E-state index in [-0.39, 0.29) is 22.4 Å². The molecule has 156 valence electrons. The molecule has 7 heteroatoms. The van der Waals surface area contributed by atoms with Crippen LogP contribution in [0, 0.1) is 22.2 Å². The summed E-state index contributed by atoms with van der Waals surface area (Å²) in [7, 11) is 0. The fraction of sp³-hybridized carbons (Fsp3) is 0.636. The second-order valence-electron chi connectivity index (χ2n) is 10.7. The average Bonchev–Trinajstić information content (AvgIpc) is 2.94. The molecule has 4 fully saturated rings. The van der Waals surface area contributed by atoms with Crippen molar-refractivity contribution in [1.29, 1.82) is 0 Å². The number of nitrogens with zero attached hydrogens (tertiary/aromatic N) is 1. The number of H-pyrrole nitrogens is 1. The van der Waals surface area contributed by atoms with E-state index in [1.54, 1.807) is 6.07 Å². The Morgan fingerprint density at radius 1 is 1.17 bits per heavy atom. The number of aromatic nitrogens is 2. The number of anilines is 1. The average molecular weight is 405 g/mol. The maximum absolute atomic E-state index is 12.9. The van der Waals surface area contributed by atoms with Gasteiger partial charge < -0.3 is 10.3 Å². The number of rotatable bonds is 3.